The fourth-order valence-electron chi connectivity index (χ4n) is 4.25. The molecule has 3 rings (SSSR count). The molecule has 0 saturated carbocycles. The summed E-state index contributed by atoms with van der Waals surface area (Å²) in [6.45, 7) is 12.1. The van der Waals surface area contributed by atoms with Crippen LogP contribution in [0.4, 0.5) is 5.69 Å². The molecular formula is C25H34N2O3. The molecule has 0 bridgehead atoms. The fourth-order valence-corrected chi connectivity index (χ4v) is 4.25. The molecule has 1 aromatic carbocycles. The highest BCUT2D eigenvalue weighted by Gasteiger charge is 2.35. The molecule has 5 heteroatoms. The number of fused-ring (bicyclic) bond motifs is 1. The minimum absolute atomic E-state index is 0.165. The second-order valence-electron chi connectivity index (χ2n) is 8.40. The Morgan fingerprint density at radius 1 is 1.23 bits per heavy atom. The van der Waals surface area contributed by atoms with E-state index in [2.05, 4.69) is 75.1 Å². The first kappa shape index (κ1) is 23.6. The molecule has 5 nitrogen and oxygen atoms in total. The highest BCUT2D eigenvalue weighted by molar-refractivity contribution is 5.72. The molecule has 1 aliphatic rings. The van der Waals surface area contributed by atoms with Crippen LogP contribution in [0.1, 0.15) is 63.6 Å². The van der Waals surface area contributed by atoms with Crippen molar-refractivity contribution >= 4 is 23.8 Å². The van der Waals surface area contributed by atoms with Crippen molar-refractivity contribution in [3.63, 3.8) is 0 Å². The molecule has 30 heavy (non-hydrogen) atoms. The number of nitrogens with zero attached hydrogens (tertiary/aromatic N) is 2. The molecule has 0 fully saturated rings. The van der Waals surface area contributed by atoms with Gasteiger partial charge in [0.2, 0.25) is 0 Å². The number of aliphatic hydroxyl groups is 1. The largest absolute Gasteiger partial charge is 0.550 e. The maximum Gasteiger partial charge on any atom is 0.171 e. The second kappa shape index (κ2) is 10.4. The SMILES string of the molecule is CC(=O)[O-].CCN1c2ccc(C=Cc3cc[n+](CCO)cc3)cc2C(C)CC1(C)C. The van der Waals surface area contributed by atoms with Gasteiger partial charge in [0, 0.05) is 35.9 Å². The summed E-state index contributed by atoms with van der Waals surface area (Å²) in [4.78, 5) is 11.4. The van der Waals surface area contributed by atoms with Crippen molar-refractivity contribution in [2.24, 2.45) is 0 Å². The number of carboxylic acids is 1. The van der Waals surface area contributed by atoms with Gasteiger partial charge in [-0.1, -0.05) is 25.1 Å². The first-order chi connectivity index (χ1) is 14.2. The molecule has 1 unspecified atom stereocenters. The fraction of sp³-hybridized carbons (Fsp3) is 0.440. The molecular weight excluding hydrogens is 376 g/mol. The van der Waals surface area contributed by atoms with Crippen LogP contribution >= 0.6 is 0 Å². The predicted octanol–water partition coefficient (Wildman–Crippen LogP) is 3.01. The Morgan fingerprint density at radius 3 is 2.40 bits per heavy atom. The first-order valence-electron chi connectivity index (χ1n) is 10.5. The van der Waals surface area contributed by atoms with Crippen LogP contribution in [0.2, 0.25) is 0 Å². The quantitative estimate of drug-likeness (QED) is 0.770. The van der Waals surface area contributed by atoms with Gasteiger partial charge in [0.25, 0.3) is 0 Å². The zero-order valence-electron chi connectivity index (χ0n) is 18.8. The third kappa shape index (κ3) is 6.17. The Balaban J connectivity index is 0.000000735. The van der Waals surface area contributed by atoms with Gasteiger partial charge in [0.1, 0.15) is 6.61 Å². The molecule has 162 valence electrons. The molecule has 0 saturated heterocycles. The van der Waals surface area contributed by atoms with Gasteiger partial charge >= 0.3 is 0 Å². The van der Waals surface area contributed by atoms with Crippen molar-refractivity contribution in [3.05, 3.63) is 59.4 Å². The Morgan fingerprint density at radius 2 is 1.83 bits per heavy atom. The van der Waals surface area contributed by atoms with Crippen molar-refractivity contribution in [1.82, 2.24) is 0 Å². The van der Waals surface area contributed by atoms with Crippen molar-refractivity contribution < 1.29 is 19.6 Å². The summed E-state index contributed by atoms with van der Waals surface area (Å²) in [6.07, 6.45) is 9.54. The molecule has 2 aromatic rings. The third-order valence-electron chi connectivity index (χ3n) is 5.47. The predicted molar refractivity (Wildman–Crippen MR) is 120 cm³/mol. The zero-order chi connectivity index (χ0) is 22.3. The smallest absolute Gasteiger partial charge is 0.171 e. The van der Waals surface area contributed by atoms with E-state index in [1.54, 1.807) is 0 Å². The lowest BCUT2D eigenvalue weighted by molar-refractivity contribution is -0.698. The molecule has 1 aliphatic heterocycles. The number of benzene rings is 1. The van der Waals surface area contributed by atoms with E-state index in [0.29, 0.717) is 12.5 Å². The first-order valence-corrected chi connectivity index (χ1v) is 10.5. The number of hydrogen-bond acceptors (Lipinski definition) is 4. The molecule has 0 spiro atoms. The number of hydrogen-bond donors (Lipinski definition) is 1. The summed E-state index contributed by atoms with van der Waals surface area (Å²) in [5, 5.41) is 17.9. The Hall–Kier alpha value is -2.66. The van der Waals surface area contributed by atoms with Crippen LogP contribution in [0.25, 0.3) is 12.2 Å². The number of aliphatic hydroxyl groups excluding tert-OH is 1. The zero-order valence-corrected chi connectivity index (χ0v) is 18.8. The molecule has 1 N–H and O–H groups in total. The van der Waals surface area contributed by atoms with Crippen LogP contribution < -0.4 is 14.6 Å². The number of carboxylic acid groups (broad SMARTS) is 1. The molecule has 1 aromatic heterocycles. The van der Waals surface area contributed by atoms with Gasteiger partial charge < -0.3 is 19.9 Å². The van der Waals surface area contributed by atoms with E-state index in [1.807, 2.05) is 17.0 Å². The van der Waals surface area contributed by atoms with E-state index < -0.39 is 5.97 Å². The van der Waals surface area contributed by atoms with E-state index in [9.17, 15) is 0 Å². The highest BCUT2D eigenvalue weighted by Crippen LogP contribution is 2.43. The van der Waals surface area contributed by atoms with Gasteiger partial charge in [-0.3, -0.25) is 0 Å². The summed E-state index contributed by atoms with van der Waals surface area (Å²) in [7, 11) is 0. The molecule has 0 aliphatic carbocycles. The summed E-state index contributed by atoms with van der Waals surface area (Å²) in [6, 6.07) is 11.0. The van der Waals surface area contributed by atoms with Crippen LogP contribution in [0.3, 0.4) is 0 Å². The van der Waals surface area contributed by atoms with E-state index >= 15 is 0 Å². The van der Waals surface area contributed by atoms with E-state index in [0.717, 1.165) is 13.5 Å². The minimum atomic E-state index is -1.08. The number of carbonyl (C=O) groups is 1. The van der Waals surface area contributed by atoms with E-state index in [4.69, 9.17) is 15.0 Å². The standard InChI is InChI=1S/C23H31N2O.C2H4O2/c1-5-25-22-9-8-20(16-21(22)18(2)17-23(25,3)4)7-6-19-10-12-24(13-11-19)14-15-26;1-2(3)4/h6-13,16,18,26H,5,14-15,17H2,1-4H3;1H3,(H,3,4)/q+1;/p-1. The van der Waals surface area contributed by atoms with Crippen molar-refractivity contribution in [2.45, 2.75) is 59.0 Å². The summed E-state index contributed by atoms with van der Waals surface area (Å²) in [5.74, 6) is -0.509. The summed E-state index contributed by atoms with van der Waals surface area (Å²) >= 11 is 0. The molecule has 0 amide bonds. The topological polar surface area (TPSA) is 67.5 Å². The highest BCUT2D eigenvalue weighted by atomic mass is 16.4. The Kier molecular flexibility index (Phi) is 8.18. The lowest BCUT2D eigenvalue weighted by Gasteiger charge is -2.47. The molecule has 0 radical (unpaired) electrons. The van der Waals surface area contributed by atoms with Gasteiger partial charge in [0.15, 0.2) is 18.9 Å². The third-order valence-corrected chi connectivity index (χ3v) is 5.47. The van der Waals surface area contributed by atoms with Gasteiger partial charge in [-0.15, -0.1) is 0 Å². The lowest BCUT2D eigenvalue weighted by atomic mass is 9.79. The molecule has 1 atom stereocenters. The number of aliphatic carboxylic acids is 1. The lowest BCUT2D eigenvalue weighted by Crippen LogP contribution is -2.48. The van der Waals surface area contributed by atoms with Crippen LogP contribution in [-0.2, 0) is 11.3 Å². The second-order valence-corrected chi connectivity index (χ2v) is 8.40. The van der Waals surface area contributed by atoms with E-state index in [1.165, 1.54) is 28.8 Å². The Labute approximate surface area is 180 Å². The minimum Gasteiger partial charge on any atom is -0.550 e. The number of anilines is 1. The maximum absolute atomic E-state index is 8.99. The van der Waals surface area contributed by atoms with Gasteiger partial charge in [-0.25, -0.2) is 4.57 Å². The van der Waals surface area contributed by atoms with Gasteiger partial charge in [-0.2, -0.15) is 0 Å². The van der Waals surface area contributed by atoms with Crippen LogP contribution in [-0.4, -0.2) is 29.8 Å². The van der Waals surface area contributed by atoms with Crippen LogP contribution in [0.5, 0.6) is 0 Å². The average Bonchev–Trinajstić information content (AvgIpc) is 2.67. The van der Waals surface area contributed by atoms with E-state index in [-0.39, 0.29) is 12.1 Å². The Bertz CT molecular complexity index is 868. The summed E-state index contributed by atoms with van der Waals surface area (Å²) < 4.78 is 1.99. The van der Waals surface area contributed by atoms with Crippen molar-refractivity contribution in [2.75, 3.05) is 18.1 Å². The summed E-state index contributed by atoms with van der Waals surface area (Å²) in [5.41, 5.74) is 5.48. The van der Waals surface area contributed by atoms with Crippen molar-refractivity contribution in [3.8, 4) is 0 Å². The molecule has 2 heterocycles. The normalized spacial score (nSPS) is 17.3. The van der Waals surface area contributed by atoms with Gasteiger partial charge in [-0.05, 0) is 68.9 Å². The monoisotopic (exact) mass is 410 g/mol. The number of aromatic nitrogens is 1. The number of rotatable bonds is 5. The van der Waals surface area contributed by atoms with Crippen LogP contribution in [0.15, 0.2) is 42.7 Å². The van der Waals surface area contributed by atoms with Gasteiger partial charge in [0.05, 0.1) is 0 Å². The number of carbonyl (C=O) groups excluding carboxylic acids is 1. The average molecular weight is 411 g/mol. The van der Waals surface area contributed by atoms with Crippen molar-refractivity contribution in [1.29, 1.82) is 0 Å². The maximum atomic E-state index is 8.99. The van der Waals surface area contributed by atoms with Crippen LogP contribution in [0, 0.1) is 0 Å². The number of pyridine rings is 1.